The monoisotopic (exact) mass is 203 g/mol. The highest BCUT2D eigenvalue weighted by Gasteiger charge is 2.01. The fraction of sp³-hybridized carbons (Fsp3) is 0.417. The zero-order valence-corrected chi connectivity index (χ0v) is 9.49. The van der Waals surface area contributed by atoms with Crippen molar-refractivity contribution in [2.45, 2.75) is 33.4 Å². The van der Waals surface area contributed by atoms with Crippen LogP contribution in [0.2, 0.25) is 0 Å². The molecule has 80 valence electrons. The highest BCUT2D eigenvalue weighted by atomic mass is 15.0. The standard InChI is InChI=1S/C12H17N3/c1-9(2)13-7-11-8-15-5-4-10(3)6-12(15)14-11/h4-6,8-9,13H,7H2,1-3H3. The van der Waals surface area contributed by atoms with Crippen LogP contribution in [0.5, 0.6) is 0 Å². The highest BCUT2D eigenvalue weighted by molar-refractivity contribution is 5.42. The molecule has 2 heterocycles. The molecule has 0 aliphatic carbocycles. The predicted octanol–water partition coefficient (Wildman–Crippen LogP) is 2.14. The maximum atomic E-state index is 4.55. The van der Waals surface area contributed by atoms with E-state index in [4.69, 9.17) is 0 Å². The summed E-state index contributed by atoms with van der Waals surface area (Å²) in [6.45, 7) is 7.19. The molecule has 0 bridgehead atoms. The van der Waals surface area contributed by atoms with Crippen LogP contribution in [-0.2, 0) is 6.54 Å². The fourth-order valence-corrected chi connectivity index (χ4v) is 1.53. The van der Waals surface area contributed by atoms with Gasteiger partial charge in [-0.05, 0) is 24.6 Å². The second kappa shape index (κ2) is 4.03. The van der Waals surface area contributed by atoms with E-state index in [0.717, 1.165) is 17.9 Å². The van der Waals surface area contributed by atoms with Crippen molar-refractivity contribution < 1.29 is 0 Å². The van der Waals surface area contributed by atoms with Gasteiger partial charge in [0.25, 0.3) is 0 Å². The SMILES string of the molecule is Cc1ccn2cc(CNC(C)C)nc2c1. The molecule has 0 amide bonds. The third kappa shape index (κ3) is 2.36. The molecule has 0 radical (unpaired) electrons. The zero-order valence-electron chi connectivity index (χ0n) is 9.49. The molecule has 2 aromatic heterocycles. The quantitative estimate of drug-likeness (QED) is 0.828. The number of aryl methyl sites for hydroxylation is 1. The van der Waals surface area contributed by atoms with E-state index >= 15 is 0 Å². The molecule has 0 atom stereocenters. The minimum absolute atomic E-state index is 0.497. The van der Waals surface area contributed by atoms with Crippen molar-refractivity contribution in [2.24, 2.45) is 0 Å². The first-order chi connectivity index (χ1) is 7.15. The Bertz CT molecular complexity index is 457. The number of fused-ring (bicyclic) bond motifs is 1. The second-order valence-corrected chi connectivity index (χ2v) is 4.24. The average Bonchev–Trinajstić information content (AvgIpc) is 2.56. The largest absolute Gasteiger partial charge is 0.309 e. The van der Waals surface area contributed by atoms with E-state index in [1.165, 1.54) is 5.56 Å². The van der Waals surface area contributed by atoms with E-state index < -0.39 is 0 Å². The Morgan fingerprint density at radius 3 is 3.00 bits per heavy atom. The number of nitrogens with one attached hydrogen (secondary N) is 1. The van der Waals surface area contributed by atoms with Gasteiger partial charge in [-0.3, -0.25) is 0 Å². The number of hydrogen-bond donors (Lipinski definition) is 1. The Morgan fingerprint density at radius 1 is 1.47 bits per heavy atom. The minimum Gasteiger partial charge on any atom is -0.309 e. The lowest BCUT2D eigenvalue weighted by molar-refractivity contribution is 0.583. The molecule has 3 nitrogen and oxygen atoms in total. The molecule has 3 heteroatoms. The summed E-state index contributed by atoms with van der Waals surface area (Å²) in [7, 11) is 0. The van der Waals surface area contributed by atoms with Gasteiger partial charge in [0.1, 0.15) is 5.65 Å². The average molecular weight is 203 g/mol. The molecule has 0 unspecified atom stereocenters. The third-order valence-electron chi connectivity index (χ3n) is 2.36. The van der Waals surface area contributed by atoms with Crippen LogP contribution in [0.25, 0.3) is 5.65 Å². The van der Waals surface area contributed by atoms with Crippen LogP contribution in [0.4, 0.5) is 0 Å². The minimum atomic E-state index is 0.497. The van der Waals surface area contributed by atoms with Crippen LogP contribution < -0.4 is 5.32 Å². The number of hydrogen-bond acceptors (Lipinski definition) is 2. The van der Waals surface area contributed by atoms with Gasteiger partial charge in [-0.1, -0.05) is 13.8 Å². The molecular formula is C12H17N3. The first-order valence-corrected chi connectivity index (χ1v) is 5.33. The summed E-state index contributed by atoms with van der Waals surface area (Å²) in [6, 6.07) is 4.68. The summed E-state index contributed by atoms with van der Waals surface area (Å²) in [5.74, 6) is 0. The van der Waals surface area contributed by atoms with Gasteiger partial charge in [-0.2, -0.15) is 0 Å². The van der Waals surface area contributed by atoms with Gasteiger partial charge in [-0.25, -0.2) is 4.98 Å². The molecule has 2 aromatic rings. The smallest absolute Gasteiger partial charge is 0.137 e. The van der Waals surface area contributed by atoms with Crippen LogP contribution >= 0.6 is 0 Å². The molecule has 0 saturated heterocycles. The molecule has 2 rings (SSSR count). The summed E-state index contributed by atoms with van der Waals surface area (Å²) in [5, 5.41) is 3.36. The molecule has 0 aliphatic heterocycles. The van der Waals surface area contributed by atoms with E-state index in [2.05, 4.69) is 60.0 Å². The number of aromatic nitrogens is 2. The molecule has 0 aliphatic rings. The molecule has 0 fully saturated rings. The Kier molecular flexibility index (Phi) is 2.73. The fourth-order valence-electron chi connectivity index (χ4n) is 1.53. The van der Waals surface area contributed by atoms with Gasteiger partial charge < -0.3 is 9.72 Å². The molecule has 0 spiro atoms. The van der Waals surface area contributed by atoms with Crippen molar-refractivity contribution in [1.29, 1.82) is 0 Å². The van der Waals surface area contributed by atoms with Crippen LogP contribution in [0.15, 0.2) is 24.5 Å². The lowest BCUT2D eigenvalue weighted by Crippen LogP contribution is -2.21. The Balaban J connectivity index is 2.23. The van der Waals surface area contributed by atoms with Crippen molar-refractivity contribution in [1.82, 2.24) is 14.7 Å². The van der Waals surface area contributed by atoms with Crippen LogP contribution in [0, 0.1) is 6.92 Å². The highest BCUT2D eigenvalue weighted by Crippen LogP contribution is 2.07. The van der Waals surface area contributed by atoms with Gasteiger partial charge >= 0.3 is 0 Å². The first-order valence-electron chi connectivity index (χ1n) is 5.33. The van der Waals surface area contributed by atoms with Gasteiger partial charge in [0.2, 0.25) is 0 Å². The van der Waals surface area contributed by atoms with Gasteiger partial charge in [-0.15, -0.1) is 0 Å². The maximum absolute atomic E-state index is 4.55. The molecule has 0 saturated carbocycles. The van der Waals surface area contributed by atoms with Crippen molar-refractivity contribution in [3.05, 3.63) is 35.8 Å². The van der Waals surface area contributed by atoms with Crippen molar-refractivity contribution in [3.8, 4) is 0 Å². The summed E-state index contributed by atoms with van der Waals surface area (Å²) >= 11 is 0. The summed E-state index contributed by atoms with van der Waals surface area (Å²) in [4.78, 5) is 4.55. The first kappa shape index (κ1) is 10.2. The lowest BCUT2D eigenvalue weighted by atomic mass is 10.3. The number of imidazole rings is 1. The maximum Gasteiger partial charge on any atom is 0.137 e. The van der Waals surface area contributed by atoms with Crippen molar-refractivity contribution >= 4 is 5.65 Å². The summed E-state index contributed by atoms with van der Waals surface area (Å²) in [5.41, 5.74) is 3.36. The number of nitrogens with zero attached hydrogens (tertiary/aromatic N) is 2. The number of rotatable bonds is 3. The topological polar surface area (TPSA) is 29.3 Å². The van der Waals surface area contributed by atoms with E-state index in [1.807, 2.05) is 0 Å². The van der Waals surface area contributed by atoms with Crippen molar-refractivity contribution in [2.75, 3.05) is 0 Å². The summed E-state index contributed by atoms with van der Waals surface area (Å²) < 4.78 is 2.06. The Hall–Kier alpha value is -1.35. The zero-order chi connectivity index (χ0) is 10.8. The van der Waals surface area contributed by atoms with E-state index in [-0.39, 0.29) is 0 Å². The van der Waals surface area contributed by atoms with E-state index in [9.17, 15) is 0 Å². The Morgan fingerprint density at radius 2 is 2.27 bits per heavy atom. The molecular weight excluding hydrogens is 186 g/mol. The van der Waals surface area contributed by atoms with E-state index in [1.54, 1.807) is 0 Å². The molecule has 15 heavy (non-hydrogen) atoms. The van der Waals surface area contributed by atoms with Crippen LogP contribution in [0.3, 0.4) is 0 Å². The van der Waals surface area contributed by atoms with Crippen molar-refractivity contribution in [3.63, 3.8) is 0 Å². The third-order valence-corrected chi connectivity index (χ3v) is 2.36. The van der Waals surface area contributed by atoms with Crippen LogP contribution in [-0.4, -0.2) is 15.4 Å². The van der Waals surface area contributed by atoms with Gasteiger partial charge in [0, 0.05) is 25.0 Å². The number of pyridine rings is 1. The Labute approximate surface area is 90.1 Å². The lowest BCUT2D eigenvalue weighted by Gasteiger charge is -2.04. The molecule has 1 N–H and O–H groups in total. The molecule has 0 aromatic carbocycles. The predicted molar refractivity (Wildman–Crippen MR) is 61.9 cm³/mol. The normalized spacial score (nSPS) is 11.5. The summed E-state index contributed by atoms with van der Waals surface area (Å²) in [6.07, 6.45) is 4.13. The van der Waals surface area contributed by atoms with E-state index in [0.29, 0.717) is 6.04 Å². The van der Waals surface area contributed by atoms with Gasteiger partial charge in [0.05, 0.1) is 5.69 Å². The van der Waals surface area contributed by atoms with Crippen LogP contribution in [0.1, 0.15) is 25.1 Å². The second-order valence-electron chi connectivity index (χ2n) is 4.24. The van der Waals surface area contributed by atoms with Gasteiger partial charge in [0.15, 0.2) is 0 Å².